The van der Waals surface area contributed by atoms with E-state index in [0.717, 1.165) is 105 Å². The first-order valence-corrected chi connectivity index (χ1v) is 25.6. The number of benzene rings is 9. The molecular formula is C67H43N11. The van der Waals surface area contributed by atoms with E-state index < -0.39 is 0 Å². The maximum atomic E-state index is 11.2. The van der Waals surface area contributed by atoms with Gasteiger partial charge in [0.15, 0.2) is 40.8 Å². The van der Waals surface area contributed by atoms with Gasteiger partial charge in [-0.25, -0.2) is 39.9 Å². The van der Waals surface area contributed by atoms with Crippen molar-refractivity contribution in [2.24, 2.45) is 0 Å². The average Bonchev–Trinajstić information content (AvgIpc) is 4.15. The lowest BCUT2D eigenvalue weighted by molar-refractivity contribution is 1.04. The SMILES string of the molecule is Cc1cc(C)nc(-c2c(-n3c4ccccc4c4ccc(-c5nc(-c6ccccc6)nc(-c6ccccc6)n5)cc43)cc(C#N)cc2-n2c3ccccc3c3ccc(-c4nc(-c5ccccc5)nc(-c5ccccc5)n4)cc32)n1. The second-order valence-corrected chi connectivity index (χ2v) is 19.2. The summed E-state index contributed by atoms with van der Waals surface area (Å²) in [5.74, 6) is 3.84. The molecule has 0 N–H and O–H groups in total. The van der Waals surface area contributed by atoms with E-state index in [0.29, 0.717) is 46.3 Å². The average molecular weight is 1000 g/mol. The Balaban J connectivity index is 1.05. The molecule has 14 rings (SSSR count). The van der Waals surface area contributed by atoms with Crippen LogP contribution in [0.15, 0.2) is 224 Å². The third-order valence-electron chi connectivity index (χ3n) is 14.2. The van der Waals surface area contributed by atoms with E-state index in [4.69, 9.17) is 39.9 Å². The molecule has 0 bridgehead atoms. The molecule has 0 saturated heterocycles. The minimum atomic E-state index is 0.451. The normalized spacial score (nSPS) is 11.4. The smallest absolute Gasteiger partial charge is 0.164 e. The molecule has 0 saturated carbocycles. The summed E-state index contributed by atoms with van der Waals surface area (Å²) < 4.78 is 4.49. The molecule has 0 amide bonds. The van der Waals surface area contributed by atoms with E-state index in [1.165, 1.54) is 0 Å². The van der Waals surface area contributed by atoms with Crippen molar-refractivity contribution in [3.8, 4) is 97.2 Å². The van der Waals surface area contributed by atoms with Crippen molar-refractivity contribution in [3.05, 3.63) is 241 Å². The topological polar surface area (TPSA) is 137 Å². The fraction of sp³-hybridized carbons (Fsp3) is 0.0299. The van der Waals surface area contributed by atoms with Crippen LogP contribution in [0.3, 0.4) is 0 Å². The van der Waals surface area contributed by atoms with E-state index in [-0.39, 0.29) is 0 Å². The number of rotatable bonds is 9. The predicted molar refractivity (Wildman–Crippen MR) is 310 cm³/mol. The summed E-state index contributed by atoms with van der Waals surface area (Å²) >= 11 is 0. The Labute approximate surface area is 448 Å². The molecule has 14 aromatic rings. The largest absolute Gasteiger partial charge is 0.308 e. The molecule has 5 aromatic heterocycles. The zero-order valence-electron chi connectivity index (χ0n) is 42.3. The van der Waals surface area contributed by atoms with Crippen LogP contribution in [0.25, 0.3) is 135 Å². The summed E-state index contributed by atoms with van der Waals surface area (Å²) in [6.45, 7) is 3.98. The Hall–Kier alpha value is -10.8. The highest BCUT2D eigenvalue weighted by Gasteiger charge is 2.26. The van der Waals surface area contributed by atoms with E-state index in [2.05, 4.69) is 88.0 Å². The van der Waals surface area contributed by atoms with Crippen LogP contribution in [-0.4, -0.2) is 49.0 Å². The molecule has 0 aliphatic carbocycles. The molecule has 78 heavy (non-hydrogen) atoms. The lowest BCUT2D eigenvalue weighted by Gasteiger charge is -2.20. The van der Waals surface area contributed by atoms with Gasteiger partial charge in [0.05, 0.1) is 50.6 Å². The van der Waals surface area contributed by atoms with Gasteiger partial charge in [-0.1, -0.05) is 182 Å². The lowest BCUT2D eigenvalue weighted by atomic mass is 10.0. The van der Waals surface area contributed by atoms with Crippen LogP contribution in [-0.2, 0) is 0 Å². The van der Waals surface area contributed by atoms with Gasteiger partial charge < -0.3 is 9.13 Å². The number of hydrogen-bond donors (Lipinski definition) is 0. The molecular weight excluding hydrogens is 959 g/mol. The first-order valence-electron chi connectivity index (χ1n) is 25.6. The first-order chi connectivity index (χ1) is 38.4. The monoisotopic (exact) mass is 1000 g/mol. The molecule has 0 aliphatic rings. The highest BCUT2D eigenvalue weighted by atomic mass is 15.1. The number of aromatic nitrogens is 10. The quantitative estimate of drug-likeness (QED) is 0.138. The second-order valence-electron chi connectivity index (χ2n) is 19.2. The number of nitriles is 1. The number of hydrogen-bond acceptors (Lipinski definition) is 9. The Kier molecular flexibility index (Phi) is 11.0. The van der Waals surface area contributed by atoms with Crippen molar-refractivity contribution in [1.29, 1.82) is 5.26 Å². The molecule has 11 nitrogen and oxygen atoms in total. The zero-order valence-corrected chi connectivity index (χ0v) is 42.3. The first kappa shape index (κ1) is 45.8. The molecule has 11 heteroatoms. The fourth-order valence-corrected chi connectivity index (χ4v) is 10.7. The standard InChI is InChI=1S/C67H43N11/c1-41-35-42(2)70-67(69-41)60-58(77-54-29-17-15-27-50(54)52-33-31-48(38-56(52)77)65-73-61(44-19-7-3-8-20-44)71-62(74-65)45-21-9-4-10-22-45)36-43(40-68)37-59(60)78-55-30-18-16-28-51(55)53-34-32-49(39-57(53)78)66-75-63(46-23-11-5-12-24-46)72-64(76-66)47-25-13-6-14-26-47/h3-39H,1-2H3. The fourth-order valence-electron chi connectivity index (χ4n) is 10.7. The number of aryl methyl sites for hydroxylation is 2. The van der Waals surface area contributed by atoms with Crippen LogP contribution in [0.5, 0.6) is 0 Å². The summed E-state index contributed by atoms with van der Waals surface area (Å²) in [7, 11) is 0. The van der Waals surface area contributed by atoms with Crippen LogP contribution in [0.4, 0.5) is 0 Å². The highest BCUT2D eigenvalue weighted by molar-refractivity contribution is 6.13. The van der Waals surface area contributed by atoms with Gasteiger partial charge in [-0.15, -0.1) is 0 Å². The third kappa shape index (κ3) is 8.00. The molecule has 0 unspecified atom stereocenters. The van der Waals surface area contributed by atoms with Crippen LogP contribution >= 0.6 is 0 Å². The van der Waals surface area contributed by atoms with Crippen molar-refractivity contribution in [2.45, 2.75) is 13.8 Å². The maximum absolute atomic E-state index is 11.2. The molecule has 0 aliphatic heterocycles. The maximum Gasteiger partial charge on any atom is 0.164 e. The summed E-state index contributed by atoms with van der Waals surface area (Å²) in [4.78, 5) is 41.0. The predicted octanol–water partition coefficient (Wildman–Crippen LogP) is 15.2. The van der Waals surface area contributed by atoms with Gasteiger partial charge in [0.25, 0.3) is 0 Å². The van der Waals surface area contributed by atoms with E-state index >= 15 is 0 Å². The number of nitrogens with zero attached hydrogens (tertiary/aromatic N) is 11. The summed E-state index contributed by atoms with van der Waals surface area (Å²) in [5, 5.41) is 15.3. The third-order valence-corrected chi connectivity index (χ3v) is 14.2. The molecule has 366 valence electrons. The molecule has 0 fully saturated rings. The molecule has 0 atom stereocenters. The lowest BCUT2D eigenvalue weighted by Crippen LogP contribution is -2.08. The highest BCUT2D eigenvalue weighted by Crippen LogP contribution is 2.43. The summed E-state index contributed by atoms with van der Waals surface area (Å²) in [5.41, 5.74) is 13.0. The van der Waals surface area contributed by atoms with Crippen LogP contribution in [0.1, 0.15) is 17.0 Å². The van der Waals surface area contributed by atoms with Crippen LogP contribution in [0.2, 0.25) is 0 Å². The van der Waals surface area contributed by atoms with Crippen molar-refractivity contribution in [2.75, 3.05) is 0 Å². The summed E-state index contributed by atoms with van der Waals surface area (Å²) in [6.07, 6.45) is 0. The molecule has 5 heterocycles. The zero-order chi connectivity index (χ0) is 52.3. The van der Waals surface area contributed by atoms with E-state index in [1.807, 2.05) is 166 Å². The Bertz CT molecular complexity index is 4300. The van der Waals surface area contributed by atoms with Gasteiger partial charge in [-0.05, 0) is 56.3 Å². The van der Waals surface area contributed by atoms with E-state index in [1.54, 1.807) is 0 Å². The Morgan fingerprint density at radius 1 is 0.295 bits per heavy atom. The molecule has 9 aromatic carbocycles. The van der Waals surface area contributed by atoms with Gasteiger partial charge in [0.1, 0.15) is 0 Å². The van der Waals surface area contributed by atoms with Crippen LogP contribution in [0, 0.1) is 25.2 Å². The minimum Gasteiger partial charge on any atom is -0.308 e. The minimum absolute atomic E-state index is 0.451. The number of fused-ring (bicyclic) bond motifs is 6. The van der Waals surface area contributed by atoms with Crippen molar-refractivity contribution in [3.63, 3.8) is 0 Å². The summed E-state index contributed by atoms with van der Waals surface area (Å²) in [6, 6.07) is 77.9. The Morgan fingerprint density at radius 2 is 0.615 bits per heavy atom. The van der Waals surface area contributed by atoms with E-state index in [9.17, 15) is 5.26 Å². The molecule has 0 spiro atoms. The van der Waals surface area contributed by atoms with Gasteiger partial charge in [0.2, 0.25) is 0 Å². The number of para-hydroxylation sites is 2. The van der Waals surface area contributed by atoms with Crippen molar-refractivity contribution < 1.29 is 0 Å². The van der Waals surface area contributed by atoms with Crippen molar-refractivity contribution in [1.82, 2.24) is 49.0 Å². The molecule has 0 radical (unpaired) electrons. The second kappa shape index (κ2) is 18.8. The van der Waals surface area contributed by atoms with Gasteiger partial charge in [-0.3, -0.25) is 0 Å². The van der Waals surface area contributed by atoms with Gasteiger partial charge in [-0.2, -0.15) is 5.26 Å². The van der Waals surface area contributed by atoms with Crippen LogP contribution < -0.4 is 0 Å². The Morgan fingerprint density at radius 3 is 0.974 bits per heavy atom. The van der Waals surface area contributed by atoms with Gasteiger partial charge in [0, 0.05) is 66.3 Å². The van der Waals surface area contributed by atoms with Crippen molar-refractivity contribution >= 4 is 43.6 Å². The van der Waals surface area contributed by atoms with Gasteiger partial charge >= 0.3 is 0 Å².